The zero-order chi connectivity index (χ0) is 33.5. The Morgan fingerprint density at radius 3 is 2.20 bits per heavy atom. The van der Waals surface area contributed by atoms with Crippen LogP contribution < -0.4 is 9.80 Å². The van der Waals surface area contributed by atoms with Crippen LogP contribution in [0.1, 0.15) is 61.8 Å². The molecule has 3 unspecified atom stereocenters. The van der Waals surface area contributed by atoms with Crippen LogP contribution in [0.3, 0.4) is 0 Å². The lowest BCUT2D eigenvalue weighted by Gasteiger charge is -2.33. The molecule has 1 heterocycles. The first-order valence-electron chi connectivity index (χ1n) is 17.7. The van der Waals surface area contributed by atoms with Crippen molar-refractivity contribution in [3.63, 3.8) is 0 Å². The largest absolute Gasteiger partial charge is 0.337 e. The Bertz CT molecular complexity index is 2110. The minimum absolute atomic E-state index is 0.0543. The highest BCUT2D eigenvalue weighted by molar-refractivity contribution is 5.84. The van der Waals surface area contributed by atoms with E-state index in [2.05, 4.69) is 201 Å². The first kappa shape index (κ1) is 31.0. The first-order valence-corrected chi connectivity index (χ1v) is 17.7. The van der Waals surface area contributed by atoms with E-state index in [0.29, 0.717) is 11.8 Å². The molecular weight excluding hydrogens is 593 g/mol. The average molecular weight is 637 g/mol. The van der Waals surface area contributed by atoms with E-state index in [-0.39, 0.29) is 11.3 Å². The summed E-state index contributed by atoms with van der Waals surface area (Å²) in [4.78, 5) is 4.87. The van der Waals surface area contributed by atoms with Crippen LogP contribution in [0.5, 0.6) is 0 Å². The maximum absolute atomic E-state index is 2.47. The van der Waals surface area contributed by atoms with Crippen molar-refractivity contribution in [1.29, 1.82) is 0 Å². The molecule has 3 atom stereocenters. The topological polar surface area (TPSA) is 6.48 Å². The molecule has 3 aliphatic rings. The molecule has 2 nitrogen and oxygen atoms in total. The normalized spacial score (nSPS) is 21.7. The minimum Gasteiger partial charge on any atom is -0.337 e. The molecule has 49 heavy (non-hydrogen) atoms. The van der Waals surface area contributed by atoms with E-state index >= 15 is 0 Å². The quantitative estimate of drug-likeness (QED) is 0.189. The lowest BCUT2D eigenvalue weighted by Crippen LogP contribution is -2.22. The summed E-state index contributed by atoms with van der Waals surface area (Å²) in [6.07, 6.45) is 16.2. The molecule has 2 heteroatoms. The molecule has 5 aromatic carbocycles. The van der Waals surface area contributed by atoms with Crippen LogP contribution in [-0.4, -0.2) is 6.54 Å². The SMILES string of the molecule is CC1/C=C\C=C/CN(c2ccccc2)c2ccc(C3C=CC(N(c4ccccc4)c4ccc5c(c4)C(C)(C)c4ccccc4-5)=CC3C)cc21. The van der Waals surface area contributed by atoms with Crippen molar-refractivity contribution in [1.82, 2.24) is 0 Å². The Labute approximate surface area is 292 Å². The van der Waals surface area contributed by atoms with E-state index in [0.717, 1.165) is 6.54 Å². The Hall–Kier alpha value is -5.34. The van der Waals surface area contributed by atoms with Gasteiger partial charge < -0.3 is 9.80 Å². The van der Waals surface area contributed by atoms with Gasteiger partial charge in [0.2, 0.25) is 0 Å². The molecule has 0 radical (unpaired) electrons. The second-order valence-electron chi connectivity index (χ2n) is 14.3. The maximum atomic E-state index is 2.47. The molecule has 0 spiro atoms. The summed E-state index contributed by atoms with van der Waals surface area (Å²) in [5, 5.41) is 0. The predicted molar refractivity (Wildman–Crippen MR) is 208 cm³/mol. The summed E-state index contributed by atoms with van der Waals surface area (Å²) in [6.45, 7) is 10.2. The van der Waals surface area contributed by atoms with Gasteiger partial charge >= 0.3 is 0 Å². The fourth-order valence-corrected chi connectivity index (χ4v) is 8.15. The molecule has 2 aliphatic carbocycles. The summed E-state index contributed by atoms with van der Waals surface area (Å²) in [6, 6.07) is 44.7. The Kier molecular flexibility index (Phi) is 7.96. The van der Waals surface area contributed by atoms with Crippen molar-refractivity contribution in [2.24, 2.45) is 5.92 Å². The van der Waals surface area contributed by atoms with Gasteiger partial charge in [-0.1, -0.05) is 143 Å². The standard InChI is InChI=1S/C47H44N2/c1-33-16-8-7-15-29-48(36-17-9-5-10-18-36)46-28-23-35(31-43(33)46)40-26-24-38(30-34(40)2)49(37-19-11-6-12-20-37)39-25-27-42-41-21-13-14-22-44(41)47(3,4)45(42)32-39/h5-28,30-34,40H,29H2,1-4H3/b15-7-,16-8-. The first-order chi connectivity index (χ1) is 23.9. The van der Waals surface area contributed by atoms with Crippen LogP contribution in [0, 0.1) is 5.92 Å². The lowest BCUT2D eigenvalue weighted by atomic mass is 9.81. The number of allylic oxidation sites excluding steroid dienone is 6. The van der Waals surface area contributed by atoms with Crippen LogP contribution in [0.15, 0.2) is 170 Å². The van der Waals surface area contributed by atoms with Gasteiger partial charge in [-0.05, 0) is 87.8 Å². The zero-order valence-corrected chi connectivity index (χ0v) is 28.9. The molecule has 1 aliphatic heterocycles. The number of rotatable bonds is 5. The zero-order valence-electron chi connectivity index (χ0n) is 28.9. The Morgan fingerprint density at radius 1 is 0.673 bits per heavy atom. The third kappa shape index (κ3) is 5.56. The number of hydrogen-bond donors (Lipinski definition) is 0. The van der Waals surface area contributed by atoms with Gasteiger partial charge in [0.25, 0.3) is 0 Å². The summed E-state index contributed by atoms with van der Waals surface area (Å²) < 4.78 is 0. The molecule has 0 bridgehead atoms. The van der Waals surface area contributed by atoms with E-state index in [1.54, 1.807) is 0 Å². The van der Waals surface area contributed by atoms with Crippen molar-refractivity contribution in [2.75, 3.05) is 16.3 Å². The fourth-order valence-electron chi connectivity index (χ4n) is 8.15. The molecule has 0 fully saturated rings. The van der Waals surface area contributed by atoms with Gasteiger partial charge in [0.15, 0.2) is 0 Å². The monoisotopic (exact) mass is 636 g/mol. The van der Waals surface area contributed by atoms with E-state index in [1.165, 1.54) is 61.8 Å². The van der Waals surface area contributed by atoms with Gasteiger partial charge in [-0.3, -0.25) is 0 Å². The van der Waals surface area contributed by atoms with E-state index in [4.69, 9.17) is 0 Å². The van der Waals surface area contributed by atoms with Crippen LogP contribution in [0.4, 0.5) is 22.7 Å². The van der Waals surface area contributed by atoms with Crippen LogP contribution in [0.2, 0.25) is 0 Å². The number of nitrogens with zero attached hydrogens (tertiary/aromatic N) is 2. The van der Waals surface area contributed by atoms with Crippen LogP contribution in [0.25, 0.3) is 11.1 Å². The van der Waals surface area contributed by atoms with Crippen molar-refractivity contribution in [3.8, 4) is 11.1 Å². The Morgan fingerprint density at radius 2 is 1.41 bits per heavy atom. The lowest BCUT2D eigenvalue weighted by molar-refractivity contribution is 0.627. The Balaban J connectivity index is 1.15. The number of para-hydroxylation sites is 2. The number of hydrogen-bond acceptors (Lipinski definition) is 2. The van der Waals surface area contributed by atoms with Crippen LogP contribution in [-0.2, 0) is 5.41 Å². The molecule has 5 aromatic rings. The van der Waals surface area contributed by atoms with Gasteiger partial charge in [-0.2, -0.15) is 0 Å². The highest BCUT2D eigenvalue weighted by atomic mass is 15.1. The molecule has 8 rings (SSSR count). The predicted octanol–water partition coefficient (Wildman–Crippen LogP) is 12.4. The number of anilines is 4. The third-order valence-corrected chi connectivity index (χ3v) is 10.8. The highest BCUT2D eigenvalue weighted by Crippen LogP contribution is 2.50. The highest BCUT2D eigenvalue weighted by Gasteiger charge is 2.36. The van der Waals surface area contributed by atoms with Gasteiger partial charge in [0.05, 0.1) is 0 Å². The molecule has 0 N–H and O–H groups in total. The molecule has 0 amide bonds. The van der Waals surface area contributed by atoms with E-state index < -0.39 is 0 Å². The van der Waals surface area contributed by atoms with Gasteiger partial charge in [0, 0.05) is 52.2 Å². The smallest absolute Gasteiger partial charge is 0.0464 e. The second-order valence-corrected chi connectivity index (χ2v) is 14.3. The third-order valence-electron chi connectivity index (χ3n) is 10.8. The maximum Gasteiger partial charge on any atom is 0.0464 e. The van der Waals surface area contributed by atoms with Gasteiger partial charge in [-0.15, -0.1) is 0 Å². The summed E-state index contributed by atoms with van der Waals surface area (Å²) in [5.74, 6) is 0.891. The molecule has 0 saturated carbocycles. The second kappa shape index (κ2) is 12.6. The molecule has 0 saturated heterocycles. The van der Waals surface area contributed by atoms with Crippen molar-refractivity contribution in [2.45, 2.75) is 44.9 Å². The van der Waals surface area contributed by atoms with Crippen molar-refractivity contribution < 1.29 is 0 Å². The summed E-state index contributed by atoms with van der Waals surface area (Å²) in [7, 11) is 0. The minimum atomic E-state index is -0.0543. The van der Waals surface area contributed by atoms with Crippen molar-refractivity contribution >= 4 is 22.7 Å². The van der Waals surface area contributed by atoms with Gasteiger partial charge in [0.1, 0.15) is 0 Å². The summed E-state index contributed by atoms with van der Waals surface area (Å²) >= 11 is 0. The molecule has 242 valence electrons. The number of fused-ring (bicyclic) bond motifs is 4. The molecular formula is C47H44N2. The van der Waals surface area contributed by atoms with Crippen molar-refractivity contribution in [3.05, 3.63) is 192 Å². The van der Waals surface area contributed by atoms with Crippen LogP contribution >= 0.6 is 0 Å². The van der Waals surface area contributed by atoms with E-state index in [9.17, 15) is 0 Å². The average Bonchev–Trinajstić information content (AvgIpc) is 3.40. The van der Waals surface area contributed by atoms with E-state index in [1.807, 2.05) is 0 Å². The molecule has 0 aromatic heterocycles. The summed E-state index contributed by atoms with van der Waals surface area (Å²) in [5.41, 5.74) is 14.2. The fraction of sp³-hybridized carbons (Fsp3) is 0.191. The number of benzene rings is 5. The van der Waals surface area contributed by atoms with Gasteiger partial charge in [-0.25, -0.2) is 0 Å².